The number of anilines is 2. The summed E-state index contributed by atoms with van der Waals surface area (Å²) in [6.07, 6.45) is 0. The van der Waals surface area contributed by atoms with Gasteiger partial charge in [0.2, 0.25) is 23.2 Å². The van der Waals surface area contributed by atoms with E-state index in [0.717, 1.165) is 0 Å². The molecule has 0 fully saturated rings. The molecule has 1 aliphatic rings. The van der Waals surface area contributed by atoms with Gasteiger partial charge in [0.25, 0.3) is 0 Å². The molecule has 2 aromatic rings. The van der Waals surface area contributed by atoms with Gasteiger partial charge < -0.3 is 20.8 Å². The van der Waals surface area contributed by atoms with Crippen LogP contribution in [0.3, 0.4) is 0 Å². The van der Waals surface area contributed by atoms with E-state index < -0.39 is 45.8 Å². The van der Waals surface area contributed by atoms with Crippen LogP contribution >= 0.6 is 0 Å². The highest BCUT2D eigenvalue weighted by Crippen LogP contribution is 2.44. The smallest absolute Gasteiger partial charge is 0.205 e. The topological polar surface area (TPSA) is 139 Å². The minimum atomic E-state index is -1.84. The van der Waals surface area contributed by atoms with Crippen LogP contribution in [0.25, 0.3) is 0 Å². The molecule has 6 N–H and O–H groups in total. The fourth-order valence-corrected chi connectivity index (χ4v) is 3.65. The van der Waals surface area contributed by atoms with E-state index in [1.165, 1.54) is 40.3 Å². The first-order valence-corrected chi connectivity index (χ1v) is 10.4. The number of hydroxylamine groups is 6. The number of rotatable bonds is 8. The molecule has 12 heteroatoms. The number of nitrogens with one attached hydrogen (secondary N) is 2. The summed E-state index contributed by atoms with van der Waals surface area (Å²) in [5.74, 6) is -8.40. The second-order valence-corrected chi connectivity index (χ2v) is 9.19. The Labute approximate surface area is 194 Å². The number of aromatic hydroxyl groups is 2. The quantitative estimate of drug-likeness (QED) is 0.163. The van der Waals surface area contributed by atoms with Gasteiger partial charge in [-0.1, -0.05) is 0 Å². The van der Waals surface area contributed by atoms with Gasteiger partial charge in [-0.25, -0.2) is 10.4 Å². The van der Waals surface area contributed by atoms with E-state index in [9.17, 15) is 39.0 Å². The molecule has 0 atom stereocenters. The number of carbonyl (C=O) groups excluding carboxylic acids is 2. The number of phenols is 2. The first-order valence-electron chi connectivity index (χ1n) is 10.4. The van der Waals surface area contributed by atoms with E-state index in [-0.39, 0.29) is 58.0 Å². The predicted octanol–water partition coefficient (Wildman–Crippen LogP) is 1.91. The van der Waals surface area contributed by atoms with Gasteiger partial charge in [0, 0.05) is 11.4 Å². The van der Waals surface area contributed by atoms with Crippen molar-refractivity contribution in [2.75, 3.05) is 65.0 Å². The van der Waals surface area contributed by atoms with Crippen LogP contribution in [-0.2, 0) is 0 Å². The lowest BCUT2D eigenvalue weighted by atomic mass is 9.81. The molecule has 0 saturated carbocycles. The summed E-state index contributed by atoms with van der Waals surface area (Å²) in [5, 5.41) is 46.0. The van der Waals surface area contributed by atoms with Crippen molar-refractivity contribution >= 4 is 22.9 Å². The van der Waals surface area contributed by atoms with Crippen LogP contribution in [0.15, 0.2) is 12.1 Å². The number of carbonyl (C=O) groups is 2. The average Bonchev–Trinajstić information content (AvgIpc) is 2.71. The fraction of sp³-hybridized carbons (Fsp3) is 0.364. The molecule has 34 heavy (non-hydrogen) atoms. The molecule has 3 rings (SSSR count). The molecule has 0 unspecified atom stereocenters. The number of hydrogen-bond donors (Lipinski definition) is 6. The van der Waals surface area contributed by atoms with Crippen LogP contribution in [0.5, 0.6) is 11.5 Å². The lowest BCUT2D eigenvalue weighted by Crippen LogP contribution is -2.40. The molecule has 0 radical (unpaired) electrons. The molecule has 1 aliphatic carbocycles. The maximum Gasteiger partial charge on any atom is 0.205 e. The molecule has 0 heterocycles. The van der Waals surface area contributed by atoms with E-state index in [0.29, 0.717) is 0 Å². The Bertz CT molecular complexity index is 1080. The largest absolute Gasteiger partial charge is 0.504 e. The molecule has 2 aromatic carbocycles. The molecule has 0 aromatic heterocycles. The summed E-state index contributed by atoms with van der Waals surface area (Å²) < 4.78 is 27.5. The molecule has 0 amide bonds. The van der Waals surface area contributed by atoms with Gasteiger partial charge in [0.1, 0.15) is 13.1 Å². The highest BCUT2D eigenvalue weighted by Gasteiger charge is 2.41. The van der Waals surface area contributed by atoms with Crippen LogP contribution in [0, 0.1) is 11.6 Å². The van der Waals surface area contributed by atoms with Gasteiger partial charge in [-0.05, 0) is 12.1 Å². The van der Waals surface area contributed by atoms with Crippen molar-refractivity contribution in [3.63, 3.8) is 0 Å². The van der Waals surface area contributed by atoms with Crippen LogP contribution in [0.2, 0.25) is 0 Å². The Morgan fingerprint density at radius 1 is 0.706 bits per heavy atom. The Morgan fingerprint density at radius 2 is 1.03 bits per heavy atom. The van der Waals surface area contributed by atoms with Crippen molar-refractivity contribution in [3.8, 4) is 11.5 Å². The molecule has 184 valence electrons. The van der Waals surface area contributed by atoms with Crippen LogP contribution in [0.1, 0.15) is 31.8 Å². The van der Waals surface area contributed by atoms with Gasteiger partial charge in [-0.15, -0.1) is 0 Å². The highest BCUT2D eigenvalue weighted by molar-refractivity contribution is 6.33. The van der Waals surface area contributed by atoms with E-state index in [2.05, 4.69) is 10.6 Å². The van der Waals surface area contributed by atoms with Crippen LogP contribution in [-0.4, -0.2) is 95.9 Å². The minimum absolute atomic E-state index is 0.167. The molecule has 0 aliphatic heterocycles. The number of fused-ring (bicyclic) bond motifs is 2. The van der Waals surface area contributed by atoms with Gasteiger partial charge in [0.15, 0.2) is 11.5 Å². The Morgan fingerprint density at radius 3 is 1.32 bits per heavy atom. The molecule has 0 spiro atoms. The third kappa shape index (κ3) is 4.80. The second kappa shape index (κ2) is 8.80. The normalized spacial score (nSPS) is 13.5. The van der Waals surface area contributed by atoms with E-state index in [1.54, 1.807) is 0 Å². The molecular formula is C22H28F2N4O6+2. The molecule has 0 saturated heterocycles. The lowest BCUT2D eigenvalue weighted by molar-refractivity contribution is -1.07. The zero-order valence-electron chi connectivity index (χ0n) is 19.2. The van der Waals surface area contributed by atoms with E-state index >= 15 is 0 Å². The van der Waals surface area contributed by atoms with Crippen molar-refractivity contribution in [2.45, 2.75) is 0 Å². The summed E-state index contributed by atoms with van der Waals surface area (Å²) in [6, 6.07) is 2.98. The third-order valence-corrected chi connectivity index (χ3v) is 5.39. The van der Waals surface area contributed by atoms with Crippen molar-refractivity contribution in [1.29, 1.82) is 0 Å². The Kier molecular flexibility index (Phi) is 6.55. The number of benzene rings is 2. The number of halogens is 2. The Hall–Kier alpha value is -3.32. The maximum absolute atomic E-state index is 14.1. The van der Waals surface area contributed by atoms with E-state index in [4.69, 9.17) is 0 Å². The van der Waals surface area contributed by atoms with Gasteiger partial charge >= 0.3 is 0 Å². The highest BCUT2D eigenvalue weighted by atomic mass is 19.2. The summed E-state index contributed by atoms with van der Waals surface area (Å²) in [5.41, 5.74) is -1.74. The number of phenolic OH excluding ortho intramolecular Hbond substituents is 2. The zero-order chi connectivity index (χ0) is 25.6. The van der Waals surface area contributed by atoms with E-state index in [1.807, 2.05) is 0 Å². The number of quaternary nitrogens is 2. The summed E-state index contributed by atoms with van der Waals surface area (Å²) in [6.45, 7) is 0.816. The SMILES string of the molecule is C[N+](C)(O)CCNc1ccc(NCC[N+](C)(C)O)c2c1C(=O)c1c(O)c(F)c(F)c(O)c1C2=O. The predicted molar refractivity (Wildman–Crippen MR) is 117 cm³/mol. The maximum atomic E-state index is 14.1. The standard InChI is InChI=1S/C22H26F2N4O6/c1-27(2,33)9-7-25-11-5-6-12(26-8-10-28(3,4)34)14-13(11)19(29)15-16(20(14)30)22(32)18(24)17(23)21(15)31/h5-6,33-34H,7-10H2,1-4H3,(H2-2,25,26,29,30,31,32)/p+2. The summed E-state index contributed by atoms with van der Waals surface area (Å²) in [7, 11) is 6.14. The molecular weight excluding hydrogens is 454 g/mol. The first-order chi connectivity index (χ1) is 15.6. The number of hydrogen-bond acceptors (Lipinski definition) is 8. The molecule has 10 nitrogen and oxygen atoms in total. The average molecular weight is 482 g/mol. The fourth-order valence-electron chi connectivity index (χ4n) is 3.65. The van der Waals surface area contributed by atoms with Gasteiger partial charge in [0.05, 0.1) is 63.5 Å². The van der Waals surface area contributed by atoms with Crippen LogP contribution in [0.4, 0.5) is 20.2 Å². The van der Waals surface area contributed by atoms with Crippen LogP contribution < -0.4 is 10.6 Å². The van der Waals surface area contributed by atoms with Crippen molar-refractivity contribution in [1.82, 2.24) is 0 Å². The number of ketones is 2. The van der Waals surface area contributed by atoms with Gasteiger partial charge in [-0.2, -0.15) is 18.1 Å². The van der Waals surface area contributed by atoms with Crippen molar-refractivity contribution in [2.24, 2.45) is 0 Å². The first kappa shape index (κ1) is 25.3. The number of likely N-dealkylation sites (N-methyl/N-ethyl adjacent to an activating group) is 2. The summed E-state index contributed by atoms with van der Waals surface area (Å²) >= 11 is 0. The monoisotopic (exact) mass is 482 g/mol. The minimum Gasteiger partial charge on any atom is -0.504 e. The molecule has 0 bridgehead atoms. The van der Waals surface area contributed by atoms with Crippen molar-refractivity contribution < 1.29 is 48.3 Å². The Balaban J connectivity index is 2.15. The zero-order valence-corrected chi connectivity index (χ0v) is 19.2. The third-order valence-electron chi connectivity index (χ3n) is 5.39. The lowest BCUT2D eigenvalue weighted by Gasteiger charge is -2.26. The van der Waals surface area contributed by atoms with Crippen molar-refractivity contribution in [3.05, 3.63) is 46.0 Å². The number of nitrogens with zero attached hydrogens (tertiary/aromatic N) is 2. The van der Waals surface area contributed by atoms with Gasteiger partial charge in [-0.3, -0.25) is 9.59 Å². The second-order valence-electron chi connectivity index (χ2n) is 9.19. The summed E-state index contributed by atoms with van der Waals surface area (Å²) in [4.78, 5) is 26.8.